The van der Waals surface area contributed by atoms with Gasteiger partial charge >= 0.3 is 11.1 Å². The topological polar surface area (TPSA) is 72.2 Å². The number of benzene rings is 3. The molecule has 3 aromatic carbocycles. The highest BCUT2D eigenvalue weighted by Gasteiger charge is 2.40. The molecule has 3 aromatic rings. The quantitative estimate of drug-likeness (QED) is 0.455. The van der Waals surface area contributed by atoms with Gasteiger partial charge in [-0.3, -0.25) is 0 Å². The average molecular weight is 501 g/mol. The van der Waals surface area contributed by atoms with Crippen LogP contribution < -0.4 is 19.5 Å². The van der Waals surface area contributed by atoms with Crippen molar-refractivity contribution in [2.24, 2.45) is 5.10 Å². The summed E-state index contributed by atoms with van der Waals surface area (Å²) in [6.45, 7) is 0. The Balaban J connectivity index is 1.62. The van der Waals surface area contributed by atoms with Crippen LogP contribution in [0.15, 0.2) is 82.8 Å². The second kappa shape index (κ2) is 10.3. The van der Waals surface area contributed by atoms with Crippen molar-refractivity contribution in [1.82, 2.24) is 5.32 Å². The second-order valence-electron chi connectivity index (χ2n) is 8.24. The van der Waals surface area contributed by atoms with Crippen molar-refractivity contribution < 1.29 is 23.7 Å². The molecule has 0 saturated carbocycles. The maximum Gasteiger partial charge on any atom is 0.372 e. The Morgan fingerprint density at radius 2 is 1.69 bits per heavy atom. The number of nitrogens with one attached hydrogen (secondary N) is 1. The number of carbonyl (C=O) groups excluding carboxylic acids is 1. The molecule has 36 heavy (non-hydrogen) atoms. The van der Waals surface area contributed by atoms with Gasteiger partial charge in [-0.1, -0.05) is 53.6 Å². The number of hydrogen-bond acceptors (Lipinski definition) is 6. The molecule has 1 fully saturated rings. The van der Waals surface area contributed by atoms with Crippen molar-refractivity contribution in [2.75, 3.05) is 21.3 Å². The van der Waals surface area contributed by atoms with Gasteiger partial charge in [0.05, 0.1) is 27.0 Å². The first-order valence-corrected chi connectivity index (χ1v) is 12.3. The molecular weight excluding hydrogens is 474 g/mol. The summed E-state index contributed by atoms with van der Waals surface area (Å²) in [4.78, 5) is 13.3. The summed E-state index contributed by atoms with van der Waals surface area (Å²) in [6, 6.07) is 23.7. The molecule has 2 aliphatic heterocycles. The zero-order valence-electron chi connectivity index (χ0n) is 20.2. The van der Waals surface area contributed by atoms with Crippen LogP contribution in [0.3, 0.4) is 0 Å². The zero-order valence-corrected chi connectivity index (χ0v) is 21.0. The van der Waals surface area contributed by atoms with Gasteiger partial charge in [-0.25, -0.2) is 4.79 Å². The summed E-state index contributed by atoms with van der Waals surface area (Å²) in [5, 5.41) is 7.87. The molecule has 0 aliphatic carbocycles. The molecule has 1 N–H and O–H groups in total. The predicted octanol–water partition coefficient (Wildman–Crippen LogP) is 5.47. The first kappa shape index (κ1) is 23.7. The standard InChI is InChI=1S/C28H25N3O4S/c1-33-21-12-10-20(11-13-21)23-17-22(19-7-5-4-6-8-19)30-31(23)27-26(36-28(32)29-27)16-18-9-14-24(34-2)25(15-18)35-3/h4-16,23H,17H2,1-3H3/p+1/b26-16-/t23-/m1/s1. The Kier molecular flexibility index (Phi) is 6.77. The number of hydrazone groups is 1. The zero-order chi connectivity index (χ0) is 25.1. The number of hydrogen-bond donors (Lipinski definition) is 1. The lowest BCUT2D eigenvalue weighted by atomic mass is 9.99. The van der Waals surface area contributed by atoms with E-state index < -0.39 is 0 Å². The van der Waals surface area contributed by atoms with E-state index in [1.807, 2.05) is 71.4 Å². The number of amidine groups is 1. The van der Waals surface area contributed by atoms with E-state index in [2.05, 4.69) is 17.4 Å². The minimum atomic E-state index is -0.145. The fourth-order valence-electron chi connectivity index (χ4n) is 4.30. The van der Waals surface area contributed by atoms with E-state index in [9.17, 15) is 4.79 Å². The Bertz CT molecular complexity index is 1380. The third-order valence-electron chi connectivity index (χ3n) is 6.11. The number of nitrogens with zero attached hydrogens (tertiary/aromatic N) is 2. The summed E-state index contributed by atoms with van der Waals surface area (Å²) < 4.78 is 18.1. The normalized spacial score (nSPS) is 20.3. The van der Waals surface area contributed by atoms with E-state index in [1.165, 1.54) is 0 Å². The third-order valence-corrected chi connectivity index (χ3v) is 6.93. The van der Waals surface area contributed by atoms with E-state index >= 15 is 0 Å². The molecule has 2 heterocycles. The number of ether oxygens (including phenoxy) is 3. The summed E-state index contributed by atoms with van der Waals surface area (Å²) in [5.41, 5.74) is 3.98. The molecule has 1 atom stereocenters. The SMILES string of the molecule is COc1ccc([C@H]2CC(c3ccccc3)=N/[N+]2=C2/NC(=O)S/C2=C\c2ccc(OC)c(OC)c2)cc1. The van der Waals surface area contributed by atoms with E-state index in [0.717, 1.165) is 44.8 Å². The maximum atomic E-state index is 12.6. The number of carbonyl (C=O) groups is 1. The maximum absolute atomic E-state index is 12.6. The van der Waals surface area contributed by atoms with Gasteiger partial charge in [-0.15, -0.1) is 4.68 Å². The van der Waals surface area contributed by atoms with Crippen molar-refractivity contribution >= 4 is 34.6 Å². The monoisotopic (exact) mass is 500 g/mol. The number of thioether (sulfide) groups is 1. The number of rotatable bonds is 6. The molecule has 7 nitrogen and oxygen atoms in total. The van der Waals surface area contributed by atoms with Gasteiger partial charge in [0.25, 0.3) is 0 Å². The summed E-state index contributed by atoms with van der Waals surface area (Å²) in [7, 11) is 4.86. The molecule has 0 aromatic heterocycles. The molecule has 1 saturated heterocycles. The third kappa shape index (κ3) is 4.72. The van der Waals surface area contributed by atoms with Gasteiger partial charge in [0.15, 0.2) is 17.5 Å². The van der Waals surface area contributed by atoms with E-state index in [1.54, 1.807) is 21.3 Å². The van der Waals surface area contributed by atoms with Gasteiger partial charge < -0.3 is 14.2 Å². The van der Waals surface area contributed by atoms with Crippen LogP contribution >= 0.6 is 11.8 Å². The molecule has 5 rings (SSSR count). The summed E-state index contributed by atoms with van der Waals surface area (Å²) in [5.74, 6) is 2.72. The van der Waals surface area contributed by atoms with Crippen molar-refractivity contribution in [3.63, 3.8) is 0 Å². The predicted molar refractivity (Wildman–Crippen MR) is 142 cm³/mol. The van der Waals surface area contributed by atoms with Gasteiger partial charge in [0.2, 0.25) is 0 Å². The van der Waals surface area contributed by atoms with Crippen LogP contribution in [0.1, 0.15) is 29.2 Å². The van der Waals surface area contributed by atoms with Crippen LogP contribution in [-0.4, -0.2) is 42.8 Å². The molecule has 2 aliphatic rings. The fourth-order valence-corrected chi connectivity index (χ4v) is 5.08. The lowest BCUT2D eigenvalue weighted by Gasteiger charge is -2.11. The molecule has 182 valence electrons. The van der Waals surface area contributed by atoms with E-state index in [4.69, 9.17) is 19.3 Å². The fraction of sp³-hybridized carbons (Fsp3) is 0.179. The average Bonchev–Trinajstić information content (AvgIpc) is 3.52. The van der Waals surface area contributed by atoms with Crippen molar-refractivity contribution in [3.05, 3.63) is 94.4 Å². The lowest BCUT2D eigenvalue weighted by Crippen LogP contribution is -2.29. The molecule has 1 amide bonds. The van der Waals surface area contributed by atoms with Gasteiger partial charge in [-0.2, -0.15) is 5.32 Å². The largest absolute Gasteiger partial charge is 0.497 e. The molecule has 8 heteroatoms. The molecule has 0 unspecified atom stereocenters. The Morgan fingerprint density at radius 1 is 0.944 bits per heavy atom. The van der Waals surface area contributed by atoms with Crippen molar-refractivity contribution in [1.29, 1.82) is 0 Å². The Hall–Kier alpha value is -4.04. The van der Waals surface area contributed by atoms with Gasteiger partial charge in [-0.05, 0) is 47.0 Å². The first-order valence-electron chi connectivity index (χ1n) is 11.5. The highest BCUT2D eigenvalue weighted by Crippen LogP contribution is 2.36. The van der Waals surface area contributed by atoms with Crippen LogP contribution in [0.5, 0.6) is 17.2 Å². The minimum Gasteiger partial charge on any atom is -0.497 e. The van der Waals surface area contributed by atoms with Crippen molar-refractivity contribution in [2.45, 2.75) is 12.5 Å². The van der Waals surface area contributed by atoms with E-state index in [-0.39, 0.29) is 11.3 Å². The van der Waals surface area contributed by atoms with Crippen LogP contribution in [-0.2, 0) is 0 Å². The van der Waals surface area contributed by atoms with Crippen LogP contribution in [0.25, 0.3) is 6.08 Å². The van der Waals surface area contributed by atoms with Crippen LogP contribution in [0, 0.1) is 0 Å². The highest BCUT2D eigenvalue weighted by atomic mass is 32.2. The lowest BCUT2D eigenvalue weighted by molar-refractivity contribution is -0.568. The molecular formula is C28H26N3O4S+. The van der Waals surface area contributed by atoms with Crippen LogP contribution in [0.2, 0.25) is 0 Å². The first-order chi connectivity index (χ1) is 17.6. The summed E-state index contributed by atoms with van der Waals surface area (Å²) >= 11 is 1.15. The van der Waals surface area contributed by atoms with Gasteiger partial charge in [0, 0.05) is 18.2 Å². The minimum absolute atomic E-state index is 0.0890. The second-order valence-corrected chi connectivity index (χ2v) is 9.25. The smallest absolute Gasteiger partial charge is 0.372 e. The molecule has 0 spiro atoms. The van der Waals surface area contributed by atoms with Crippen molar-refractivity contribution in [3.8, 4) is 17.2 Å². The van der Waals surface area contributed by atoms with E-state index in [0.29, 0.717) is 23.8 Å². The molecule has 0 radical (unpaired) electrons. The highest BCUT2D eigenvalue weighted by molar-refractivity contribution is 8.18. The summed E-state index contributed by atoms with van der Waals surface area (Å²) in [6.07, 6.45) is 2.66. The van der Waals surface area contributed by atoms with Gasteiger partial charge in [0.1, 0.15) is 10.7 Å². The molecule has 0 bridgehead atoms. The Labute approximate surface area is 214 Å². The Morgan fingerprint density at radius 3 is 2.39 bits per heavy atom. The number of methoxy groups -OCH3 is 3. The number of amides is 1. The van der Waals surface area contributed by atoms with Crippen LogP contribution in [0.4, 0.5) is 4.79 Å².